The number of furan rings is 1. The lowest BCUT2D eigenvalue weighted by molar-refractivity contribution is -0.402. The van der Waals surface area contributed by atoms with Crippen LogP contribution in [-0.2, 0) is 0 Å². The van der Waals surface area contributed by atoms with Crippen molar-refractivity contribution in [1.82, 2.24) is 4.90 Å². The number of hydrogen-bond acceptors (Lipinski definition) is 5. The predicted molar refractivity (Wildman–Crippen MR) is 69.2 cm³/mol. The van der Waals surface area contributed by atoms with Gasteiger partial charge in [-0.3, -0.25) is 14.9 Å². The van der Waals surface area contributed by atoms with Gasteiger partial charge in [0, 0.05) is 19.0 Å². The van der Waals surface area contributed by atoms with E-state index in [-0.39, 0.29) is 17.4 Å². The third-order valence-corrected chi connectivity index (χ3v) is 3.61. The zero-order valence-electron chi connectivity index (χ0n) is 11.0. The smallest absolute Gasteiger partial charge is 0.397 e. The second-order valence-corrected chi connectivity index (χ2v) is 4.95. The Bertz CT molecular complexity index is 469. The minimum Gasteiger partial charge on any atom is -0.397 e. The third-order valence-electron chi connectivity index (χ3n) is 3.61. The second kappa shape index (κ2) is 5.97. The zero-order chi connectivity index (χ0) is 13.8. The molecule has 0 spiro atoms. The quantitative estimate of drug-likeness (QED) is 0.465. The van der Waals surface area contributed by atoms with Gasteiger partial charge in [0.25, 0.3) is 0 Å². The zero-order valence-corrected chi connectivity index (χ0v) is 11.0. The van der Waals surface area contributed by atoms with Crippen molar-refractivity contribution in [3.05, 3.63) is 28.0 Å². The lowest BCUT2D eigenvalue weighted by Crippen LogP contribution is -2.38. The average Bonchev–Trinajstić information content (AvgIpc) is 2.87. The van der Waals surface area contributed by atoms with Gasteiger partial charge in [0.2, 0.25) is 0 Å². The van der Waals surface area contributed by atoms with E-state index >= 15 is 0 Å². The molecule has 0 bridgehead atoms. The number of carbonyl (C=O) groups excluding carboxylic acids is 1. The summed E-state index contributed by atoms with van der Waals surface area (Å²) in [5.74, 6) is -0.475. The van der Waals surface area contributed by atoms with E-state index in [9.17, 15) is 14.9 Å². The molecule has 19 heavy (non-hydrogen) atoms. The summed E-state index contributed by atoms with van der Waals surface area (Å²) >= 11 is 0. The molecule has 0 radical (unpaired) electrons. The maximum absolute atomic E-state index is 11.9. The summed E-state index contributed by atoms with van der Waals surface area (Å²) in [6, 6.07) is 3.10. The highest BCUT2D eigenvalue weighted by atomic mass is 16.6. The van der Waals surface area contributed by atoms with Crippen molar-refractivity contribution in [2.45, 2.75) is 38.6 Å². The van der Waals surface area contributed by atoms with Gasteiger partial charge in [-0.15, -0.1) is 0 Å². The molecule has 6 nitrogen and oxygen atoms in total. The van der Waals surface area contributed by atoms with E-state index in [1.54, 1.807) is 0 Å². The molecule has 0 N–H and O–H groups in total. The number of likely N-dealkylation sites (tertiary alicyclic amines) is 1. The first-order valence-electron chi connectivity index (χ1n) is 6.59. The fourth-order valence-electron chi connectivity index (χ4n) is 2.43. The van der Waals surface area contributed by atoms with Crippen LogP contribution in [0.4, 0.5) is 5.88 Å². The second-order valence-electron chi connectivity index (χ2n) is 4.95. The highest BCUT2D eigenvalue weighted by molar-refractivity contribution is 5.93. The predicted octanol–water partition coefficient (Wildman–Crippen LogP) is 2.64. The molecule has 0 aliphatic carbocycles. The van der Waals surface area contributed by atoms with Gasteiger partial charge in [-0.2, -0.15) is 0 Å². The largest absolute Gasteiger partial charge is 0.433 e. The van der Waals surface area contributed by atoms with Crippen LogP contribution in [-0.4, -0.2) is 34.7 Å². The van der Waals surface area contributed by atoms with Crippen LogP contribution in [0.25, 0.3) is 0 Å². The van der Waals surface area contributed by atoms with E-state index in [1.807, 2.05) is 0 Å². The molecule has 2 rings (SSSR count). The molecule has 1 aliphatic rings. The number of rotatable bonds is 5. The van der Waals surface area contributed by atoms with Crippen molar-refractivity contribution < 1.29 is 14.1 Å². The van der Waals surface area contributed by atoms with E-state index in [0.29, 0.717) is 19.0 Å². The summed E-state index contributed by atoms with van der Waals surface area (Å²) in [4.78, 5) is 24.0. The lowest BCUT2D eigenvalue weighted by Gasteiger charge is -2.32. The Labute approximate surface area is 111 Å². The first kappa shape index (κ1) is 13.7. The van der Waals surface area contributed by atoms with Crippen LogP contribution in [0.15, 0.2) is 16.5 Å². The molecule has 1 saturated heterocycles. The van der Waals surface area contributed by atoms with Gasteiger partial charge in [-0.25, -0.2) is 0 Å². The number of piperidine rings is 1. The van der Waals surface area contributed by atoms with Gasteiger partial charge in [0.15, 0.2) is 11.5 Å². The Balaban J connectivity index is 1.88. The van der Waals surface area contributed by atoms with Crippen LogP contribution in [0.3, 0.4) is 0 Å². The number of hydrogen-bond donors (Lipinski definition) is 0. The van der Waals surface area contributed by atoms with Gasteiger partial charge in [0.05, 0.1) is 6.07 Å². The Morgan fingerprint density at radius 1 is 1.53 bits per heavy atom. The Morgan fingerprint density at radius 2 is 2.32 bits per heavy atom. The van der Waals surface area contributed by atoms with Gasteiger partial charge >= 0.3 is 5.88 Å². The maximum atomic E-state index is 11.9. The first-order chi connectivity index (χ1) is 9.08. The third kappa shape index (κ3) is 3.41. The Kier molecular flexibility index (Phi) is 4.31. The van der Waals surface area contributed by atoms with Gasteiger partial charge in [-0.1, -0.05) is 6.42 Å². The van der Waals surface area contributed by atoms with Crippen molar-refractivity contribution in [1.29, 1.82) is 0 Å². The Hall–Kier alpha value is -1.69. The van der Waals surface area contributed by atoms with Gasteiger partial charge < -0.3 is 9.32 Å². The van der Waals surface area contributed by atoms with Crippen LogP contribution in [0.5, 0.6) is 0 Å². The van der Waals surface area contributed by atoms with E-state index < -0.39 is 4.92 Å². The normalized spacial score (nSPS) is 20.4. The standard InChI is InChI=1S/C13H18N2O4/c1-10-4-2-3-8-14(10)9-7-11(16)12-5-6-13(19-12)15(17)18/h5-6,10H,2-4,7-9H2,1H3. The maximum Gasteiger partial charge on any atom is 0.433 e. The monoisotopic (exact) mass is 266 g/mol. The summed E-state index contributed by atoms with van der Waals surface area (Å²) in [7, 11) is 0. The minimum absolute atomic E-state index is 0.0800. The molecule has 0 saturated carbocycles. The molecule has 0 amide bonds. The van der Waals surface area contributed by atoms with Crippen LogP contribution in [0.2, 0.25) is 0 Å². The van der Waals surface area contributed by atoms with Crippen molar-refractivity contribution >= 4 is 11.7 Å². The molecular weight excluding hydrogens is 248 g/mol. The Morgan fingerprint density at radius 3 is 2.95 bits per heavy atom. The molecule has 0 aromatic carbocycles. The van der Waals surface area contributed by atoms with E-state index in [4.69, 9.17) is 4.42 Å². The summed E-state index contributed by atoms with van der Waals surface area (Å²) < 4.78 is 4.91. The van der Waals surface area contributed by atoms with E-state index in [2.05, 4.69) is 11.8 Å². The van der Waals surface area contributed by atoms with Crippen LogP contribution < -0.4 is 0 Å². The molecular formula is C13H18N2O4. The van der Waals surface area contributed by atoms with Crippen molar-refractivity contribution in [3.8, 4) is 0 Å². The number of ketones is 1. The van der Waals surface area contributed by atoms with Crippen molar-refractivity contribution in [2.75, 3.05) is 13.1 Å². The van der Waals surface area contributed by atoms with Crippen LogP contribution in [0.1, 0.15) is 43.2 Å². The highest BCUT2D eigenvalue weighted by Crippen LogP contribution is 2.19. The molecule has 1 unspecified atom stereocenters. The number of nitrogens with zero attached hydrogens (tertiary/aromatic N) is 2. The fourth-order valence-corrected chi connectivity index (χ4v) is 2.43. The number of Topliss-reactive ketones (excluding diaryl/α,β-unsaturated/α-hetero) is 1. The fraction of sp³-hybridized carbons (Fsp3) is 0.615. The molecule has 2 heterocycles. The van der Waals surface area contributed by atoms with Gasteiger partial charge in [-0.05, 0) is 32.4 Å². The summed E-state index contributed by atoms with van der Waals surface area (Å²) in [5.41, 5.74) is 0. The molecule has 6 heteroatoms. The summed E-state index contributed by atoms with van der Waals surface area (Å²) in [5, 5.41) is 10.5. The summed E-state index contributed by atoms with van der Waals surface area (Å²) in [6.07, 6.45) is 3.93. The number of nitro groups is 1. The lowest BCUT2D eigenvalue weighted by atomic mass is 10.0. The molecule has 1 fully saturated rings. The molecule has 1 aromatic heterocycles. The van der Waals surface area contributed by atoms with Crippen LogP contribution in [0, 0.1) is 10.1 Å². The van der Waals surface area contributed by atoms with E-state index in [1.165, 1.54) is 31.4 Å². The van der Waals surface area contributed by atoms with Crippen LogP contribution >= 0.6 is 0 Å². The molecule has 1 aliphatic heterocycles. The van der Waals surface area contributed by atoms with Crippen molar-refractivity contribution in [2.24, 2.45) is 0 Å². The van der Waals surface area contributed by atoms with Gasteiger partial charge in [0.1, 0.15) is 4.92 Å². The SMILES string of the molecule is CC1CCCCN1CCC(=O)c1ccc([N+](=O)[O-])o1. The highest BCUT2D eigenvalue weighted by Gasteiger charge is 2.21. The minimum atomic E-state index is -0.635. The molecule has 1 aromatic rings. The van der Waals surface area contributed by atoms with Crippen molar-refractivity contribution in [3.63, 3.8) is 0 Å². The van der Waals surface area contributed by atoms with E-state index in [0.717, 1.165) is 6.54 Å². The average molecular weight is 266 g/mol. The molecule has 1 atom stereocenters. The summed E-state index contributed by atoms with van der Waals surface area (Å²) in [6.45, 7) is 3.88. The number of carbonyl (C=O) groups is 1. The molecule has 104 valence electrons. The first-order valence-corrected chi connectivity index (χ1v) is 6.59. The topological polar surface area (TPSA) is 76.6 Å².